The second-order valence-electron chi connectivity index (χ2n) is 4.20. The summed E-state index contributed by atoms with van der Waals surface area (Å²) >= 11 is 0. The van der Waals surface area contributed by atoms with Gasteiger partial charge in [0.15, 0.2) is 0 Å². The lowest BCUT2D eigenvalue weighted by atomic mass is 10.1. The number of aromatic amines is 1. The number of fused-ring (bicyclic) bond motifs is 1. The van der Waals surface area contributed by atoms with E-state index < -0.39 is 10.0 Å². The van der Waals surface area contributed by atoms with Gasteiger partial charge in [0.05, 0.1) is 6.26 Å². The highest BCUT2D eigenvalue weighted by molar-refractivity contribution is 7.88. The third kappa shape index (κ3) is 3.56. The summed E-state index contributed by atoms with van der Waals surface area (Å²) in [5, 5.41) is 4.39. The quantitative estimate of drug-likeness (QED) is 0.678. The predicted octanol–water partition coefficient (Wildman–Crippen LogP) is 0.807. The first-order valence-electron chi connectivity index (χ1n) is 5.76. The summed E-state index contributed by atoms with van der Waals surface area (Å²) in [7, 11) is -3.09. The van der Waals surface area contributed by atoms with Crippen molar-refractivity contribution in [2.24, 2.45) is 0 Å². The fraction of sp³-hybridized carbons (Fsp3) is 0.333. The molecule has 18 heavy (non-hydrogen) atoms. The van der Waals surface area contributed by atoms with Crippen LogP contribution in [0.25, 0.3) is 10.9 Å². The zero-order valence-corrected chi connectivity index (χ0v) is 11.0. The molecule has 3 N–H and O–H groups in total. The van der Waals surface area contributed by atoms with Crippen molar-refractivity contribution in [3.8, 4) is 0 Å². The van der Waals surface area contributed by atoms with Crippen molar-refractivity contribution >= 4 is 20.9 Å². The maximum Gasteiger partial charge on any atom is 0.208 e. The number of hydrogen-bond donors (Lipinski definition) is 3. The molecule has 0 fully saturated rings. The fourth-order valence-electron chi connectivity index (χ4n) is 1.84. The Hall–Kier alpha value is -1.37. The van der Waals surface area contributed by atoms with E-state index in [1.54, 1.807) is 0 Å². The molecule has 0 radical (unpaired) electrons. The van der Waals surface area contributed by atoms with E-state index in [2.05, 4.69) is 27.2 Å². The molecule has 6 heteroatoms. The van der Waals surface area contributed by atoms with Gasteiger partial charge in [0.25, 0.3) is 0 Å². The van der Waals surface area contributed by atoms with Gasteiger partial charge in [0.2, 0.25) is 10.0 Å². The summed E-state index contributed by atoms with van der Waals surface area (Å²) in [5.74, 6) is 0. The minimum absolute atomic E-state index is 0.402. The molecule has 0 aliphatic heterocycles. The highest BCUT2D eigenvalue weighted by Crippen LogP contribution is 2.16. The van der Waals surface area contributed by atoms with Gasteiger partial charge in [0.1, 0.15) is 0 Å². The van der Waals surface area contributed by atoms with E-state index >= 15 is 0 Å². The number of aromatic nitrogens is 1. The lowest BCUT2D eigenvalue weighted by molar-refractivity contribution is 0.582. The highest BCUT2D eigenvalue weighted by Gasteiger charge is 2.02. The van der Waals surface area contributed by atoms with Gasteiger partial charge in [-0.3, -0.25) is 0 Å². The molecule has 2 aromatic rings. The van der Waals surface area contributed by atoms with Crippen molar-refractivity contribution in [2.45, 2.75) is 6.54 Å². The topological polar surface area (TPSA) is 74.0 Å². The van der Waals surface area contributed by atoms with E-state index in [-0.39, 0.29) is 0 Å². The Morgan fingerprint density at radius 2 is 2.06 bits per heavy atom. The van der Waals surface area contributed by atoms with Crippen molar-refractivity contribution in [3.05, 3.63) is 36.0 Å². The zero-order valence-electron chi connectivity index (χ0n) is 10.2. The Balaban J connectivity index is 1.85. The van der Waals surface area contributed by atoms with Crippen LogP contribution < -0.4 is 10.0 Å². The number of H-pyrrole nitrogens is 1. The monoisotopic (exact) mass is 267 g/mol. The van der Waals surface area contributed by atoms with Gasteiger partial charge >= 0.3 is 0 Å². The maximum atomic E-state index is 10.9. The van der Waals surface area contributed by atoms with E-state index in [9.17, 15) is 8.42 Å². The number of sulfonamides is 1. The summed E-state index contributed by atoms with van der Waals surface area (Å²) in [6.07, 6.45) is 3.08. The van der Waals surface area contributed by atoms with Crippen LogP contribution in [0.1, 0.15) is 5.56 Å². The maximum absolute atomic E-state index is 10.9. The Labute approximate surface area is 107 Å². The van der Waals surface area contributed by atoms with Crippen LogP contribution in [0.3, 0.4) is 0 Å². The molecule has 0 unspecified atom stereocenters. The van der Waals surface area contributed by atoms with E-state index in [4.69, 9.17) is 0 Å². The molecule has 98 valence electrons. The zero-order chi connectivity index (χ0) is 13.0. The second-order valence-corrected chi connectivity index (χ2v) is 6.04. The van der Waals surface area contributed by atoms with E-state index in [0.717, 1.165) is 11.8 Å². The van der Waals surface area contributed by atoms with Crippen molar-refractivity contribution in [2.75, 3.05) is 19.3 Å². The largest absolute Gasteiger partial charge is 0.361 e. The molecule has 0 spiro atoms. The molecule has 0 aliphatic rings. The van der Waals surface area contributed by atoms with Gasteiger partial charge in [-0.05, 0) is 17.0 Å². The number of benzene rings is 1. The summed E-state index contributed by atoms with van der Waals surface area (Å²) < 4.78 is 24.2. The summed E-state index contributed by atoms with van der Waals surface area (Å²) in [6.45, 7) is 1.72. The molecule has 0 atom stereocenters. The van der Waals surface area contributed by atoms with Crippen LogP contribution >= 0.6 is 0 Å². The smallest absolute Gasteiger partial charge is 0.208 e. The minimum Gasteiger partial charge on any atom is -0.361 e. The van der Waals surface area contributed by atoms with Gasteiger partial charge in [-0.1, -0.05) is 18.2 Å². The molecule has 2 rings (SSSR count). The lowest BCUT2D eigenvalue weighted by Gasteiger charge is -2.06. The Kier molecular flexibility index (Phi) is 4.00. The normalized spacial score (nSPS) is 12.1. The minimum atomic E-state index is -3.09. The Morgan fingerprint density at radius 1 is 1.22 bits per heavy atom. The molecule has 5 nitrogen and oxygen atoms in total. The second kappa shape index (κ2) is 5.51. The molecule has 1 aromatic heterocycles. The predicted molar refractivity (Wildman–Crippen MR) is 72.9 cm³/mol. The first-order valence-corrected chi connectivity index (χ1v) is 7.66. The number of hydrogen-bond acceptors (Lipinski definition) is 3. The van der Waals surface area contributed by atoms with Crippen molar-refractivity contribution in [1.82, 2.24) is 15.0 Å². The van der Waals surface area contributed by atoms with Crippen molar-refractivity contribution in [3.63, 3.8) is 0 Å². The third-order valence-corrected chi connectivity index (χ3v) is 3.38. The average Bonchev–Trinajstić information content (AvgIpc) is 2.75. The molecule has 1 aromatic carbocycles. The van der Waals surface area contributed by atoms with Crippen LogP contribution in [0.15, 0.2) is 30.5 Å². The molecule has 0 saturated heterocycles. The number of para-hydroxylation sites is 1. The molecular weight excluding hydrogens is 250 g/mol. The van der Waals surface area contributed by atoms with Crippen LogP contribution in [-0.4, -0.2) is 32.7 Å². The van der Waals surface area contributed by atoms with E-state index in [1.165, 1.54) is 10.9 Å². The average molecular weight is 267 g/mol. The van der Waals surface area contributed by atoms with Crippen LogP contribution in [0.4, 0.5) is 0 Å². The molecular formula is C12H17N3O2S. The number of nitrogens with one attached hydrogen (secondary N) is 3. The van der Waals surface area contributed by atoms with E-state index in [1.807, 2.05) is 18.3 Å². The summed E-state index contributed by atoms with van der Waals surface area (Å²) in [4.78, 5) is 3.20. The van der Waals surface area contributed by atoms with Crippen LogP contribution in [0.2, 0.25) is 0 Å². The molecule has 0 saturated carbocycles. The van der Waals surface area contributed by atoms with Crippen LogP contribution in [-0.2, 0) is 16.6 Å². The van der Waals surface area contributed by atoms with Gasteiger partial charge < -0.3 is 10.3 Å². The molecule has 0 bridgehead atoms. The SMILES string of the molecule is CS(=O)(=O)NCCNCc1cccc2cc[nH]c12. The van der Waals surface area contributed by atoms with Gasteiger partial charge in [0, 0.05) is 31.3 Å². The summed E-state index contributed by atoms with van der Waals surface area (Å²) in [6, 6.07) is 8.16. The van der Waals surface area contributed by atoms with Crippen LogP contribution in [0.5, 0.6) is 0 Å². The standard InChI is InChI=1S/C12H17N3O2S/c1-18(16,17)15-8-7-13-9-11-4-2-3-10-5-6-14-12(10)11/h2-6,13-15H,7-9H2,1H3. The Morgan fingerprint density at radius 3 is 2.83 bits per heavy atom. The molecule has 0 aliphatic carbocycles. The first-order chi connectivity index (χ1) is 8.56. The van der Waals surface area contributed by atoms with E-state index in [0.29, 0.717) is 19.6 Å². The van der Waals surface area contributed by atoms with Gasteiger partial charge in [-0.15, -0.1) is 0 Å². The van der Waals surface area contributed by atoms with Crippen LogP contribution in [0, 0.1) is 0 Å². The third-order valence-electron chi connectivity index (χ3n) is 2.66. The molecule has 0 amide bonds. The first kappa shape index (κ1) is 13.1. The van der Waals surface area contributed by atoms with Crippen molar-refractivity contribution in [1.29, 1.82) is 0 Å². The lowest BCUT2D eigenvalue weighted by Crippen LogP contribution is -2.30. The Bertz CT molecular complexity index is 619. The molecule has 1 heterocycles. The number of rotatable bonds is 6. The van der Waals surface area contributed by atoms with Gasteiger partial charge in [-0.25, -0.2) is 13.1 Å². The highest BCUT2D eigenvalue weighted by atomic mass is 32.2. The van der Waals surface area contributed by atoms with Crippen molar-refractivity contribution < 1.29 is 8.42 Å². The van der Waals surface area contributed by atoms with Gasteiger partial charge in [-0.2, -0.15) is 0 Å². The summed E-state index contributed by atoms with van der Waals surface area (Å²) in [5.41, 5.74) is 2.30. The fourth-order valence-corrected chi connectivity index (χ4v) is 2.32.